The molecular formula is C16H26FNO2S. The number of hydrogen-bond donors (Lipinski definition) is 1. The van der Waals surface area contributed by atoms with Gasteiger partial charge < -0.3 is 5.32 Å². The zero-order chi connectivity index (χ0) is 15.7. The summed E-state index contributed by atoms with van der Waals surface area (Å²) in [6.45, 7) is 5.51. The fraction of sp³-hybridized carbons (Fsp3) is 0.625. The van der Waals surface area contributed by atoms with Crippen molar-refractivity contribution in [2.45, 2.75) is 39.0 Å². The lowest BCUT2D eigenvalue weighted by Gasteiger charge is -2.18. The van der Waals surface area contributed by atoms with Crippen molar-refractivity contribution in [3.05, 3.63) is 35.6 Å². The summed E-state index contributed by atoms with van der Waals surface area (Å²) in [5, 5.41) is 3.30. The van der Waals surface area contributed by atoms with E-state index < -0.39 is 9.84 Å². The van der Waals surface area contributed by atoms with Crippen LogP contribution in [0.15, 0.2) is 24.3 Å². The van der Waals surface area contributed by atoms with Crippen molar-refractivity contribution < 1.29 is 12.8 Å². The molecule has 3 nitrogen and oxygen atoms in total. The Hall–Kier alpha value is -0.940. The van der Waals surface area contributed by atoms with Gasteiger partial charge in [-0.2, -0.15) is 0 Å². The van der Waals surface area contributed by atoms with Gasteiger partial charge in [-0.1, -0.05) is 26.0 Å². The van der Waals surface area contributed by atoms with E-state index in [-0.39, 0.29) is 23.2 Å². The van der Waals surface area contributed by atoms with Crippen LogP contribution < -0.4 is 5.32 Å². The van der Waals surface area contributed by atoms with Gasteiger partial charge in [0.25, 0.3) is 0 Å². The van der Waals surface area contributed by atoms with Crippen LogP contribution in [-0.4, -0.2) is 33.0 Å². The second kappa shape index (κ2) is 9.15. The minimum Gasteiger partial charge on any atom is -0.316 e. The summed E-state index contributed by atoms with van der Waals surface area (Å²) in [7, 11) is -3.00. The summed E-state index contributed by atoms with van der Waals surface area (Å²) in [6, 6.07) is 6.46. The van der Waals surface area contributed by atoms with Crippen LogP contribution in [0, 0.1) is 5.82 Å². The SMILES string of the molecule is CCCNCC(CCS(=O)(=O)CCC)c1cccc(F)c1. The summed E-state index contributed by atoms with van der Waals surface area (Å²) in [5.74, 6) is 0.143. The maximum Gasteiger partial charge on any atom is 0.150 e. The number of benzene rings is 1. The Labute approximate surface area is 127 Å². The third-order valence-corrected chi connectivity index (χ3v) is 5.32. The molecule has 1 N–H and O–H groups in total. The third kappa shape index (κ3) is 7.05. The molecule has 0 spiro atoms. The molecule has 120 valence electrons. The highest BCUT2D eigenvalue weighted by atomic mass is 32.2. The molecule has 0 bridgehead atoms. The number of nitrogens with one attached hydrogen (secondary N) is 1. The molecule has 21 heavy (non-hydrogen) atoms. The lowest BCUT2D eigenvalue weighted by atomic mass is 9.96. The lowest BCUT2D eigenvalue weighted by Crippen LogP contribution is -2.24. The zero-order valence-corrected chi connectivity index (χ0v) is 13.8. The molecule has 0 fully saturated rings. The van der Waals surface area contributed by atoms with Crippen LogP contribution in [0.2, 0.25) is 0 Å². The molecular weight excluding hydrogens is 289 g/mol. The molecule has 0 aliphatic carbocycles. The van der Waals surface area contributed by atoms with E-state index >= 15 is 0 Å². The Balaban J connectivity index is 2.73. The summed E-state index contributed by atoms with van der Waals surface area (Å²) in [6.07, 6.45) is 2.19. The van der Waals surface area contributed by atoms with Gasteiger partial charge in [0, 0.05) is 12.3 Å². The first kappa shape index (κ1) is 18.1. The molecule has 1 atom stereocenters. The quantitative estimate of drug-likeness (QED) is 0.675. The monoisotopic (exact) mass is 315 g/mol. The van der Waals surface area contributed by atoms with Gasteiger partial charge >= 0.3 is 0 Å². The van der Waals surface area contributed by atoms with Crippen LogP contribution in [0.5, 0.6) is 0 Å². The van der Waals surface area contributed by atoms with Crippen LogP contribution in [0.4, 0.5) is 4.39 Å². The molecule has 0 saturated carbocycles. The largest absolute Gasteiger partial charge is 0.316 e. The van der Waals surface area contributed by atoms with E-state index in [1.165, 1.54) is 12.1 Å². The smallest absolute Gasteiger partial charge is 0.150 e. The second-order valence-electron chi connectivity index (χ2n) is 5.40. The van der Waals surface area contributed by atoms with Gasteiger partial charge in [0.05, 0.1) is 5.75 Å². The molecule has 0 radical (unpaired) electrons. The summed E-state index contributed by atoms with van der Waals surface area (Å²) >= 11 is 0. The number of sulfone groups is 1. The predicted molar refractivity (Wildman–Crippen MR) is 85.9 cm³/mol. The Morgan fingerprint density at radius 3 is 2.57 bits per heavy atom. The minimum absolute atomic E-state index is 0.0267. The number of halogens is 1. The number of hydrogen-bond acceptors (Lipinski definition) is 3. The van der Waals surface area contributed by atoms with Crippen molar-refractivity contribution >= 4 is 9.84 Å². The molecule has 1 unspecified atom stereocenters. The first-order valence-corrected chi connectivity index (χ1v) is 9.47. The average Bonchev–Trinajstić information content (AvgIpc) is 2.42. The van der Waals surface area contributed by atoms with Crippen molar-refractivity contribution in [1.29, 1.82) is 0 Å². The summed E-state index contributed by atoms with van der Waals surface area (Å²) < 4.78 is 37.1. The topological polar surface area (TPSA) is 46.2 Å². The molecule has 1 rings (SSSR count). The molecule has 0 heterocycles. The molecule has 0 saturated heterocycles. The molecule has 0 aromatic heterocycles. The van der Waals surface area contributed by atoms with Crippen molar-refractivity contribution in [1.82, 2.24) is 5.32 Å². The second-order valence-corrected chi connectivity index (χ2v) is 7.70. The highest BCUT2D eigenvalue weighted by molar-refractivity contribution is 7.91. The third-order valence-electron chi connectivity index (χ3n) is 3.43. The lowest BCUT2D eigenvalue weighted by molar-refractivity contribution is 0.549. The molecule has 1 aromatic carbocycles. The van der Waals surface area contributed by atoms with E-state index in [0.29, 0.717) is 19.4 Å². The van der Waals surface area contributed by atoms with Crippen molar-refractivity contribution in [3.8, 4) is 0 Å². The molecule has 1 aromatic rings. The zero-order valence-electron chi connectivity index (χ0n) is 12.9. The van der Waals surface area contributed by atoms with Crippen LogP contribution in [0.3, 0.4) is 0 Å². The van der Waals surface area contributed by atoms with E-state index in [9.17, 15) is 12.8 Å². The van der Waals surface area contributed by atoms with Gasteiger partial charge in [-0.15, -0.1) is 0 Å². The highest BCUT2D eigenvalue weighted by Gasteiger charge is 2.17. The fourth-order valence-electron chi connectivity index (χ4n) is 2.34. The molecule has 5 heteroatoms. The predicted octanol–water partition coefficient (Wildman–Crippen LogP) is 3.12. The first-order valence-electron chi connectivity index (χ1n) is 7.65. The van der Waals surface area contributed by atoms with Crippen LogP contribution in [0.25, 0.3) is 0 Å². The van der Waals surface area contributed by atoms with E-state index in [4.69, 9.17) is 0 Å². The Morgan fingerprint density at radius 2 is 1.95 bits per heavy atom. The normalized spacial score (nSPS) is 13.3. The van der Waals surface area contributed by atoms with E-state index in [2.05, 4.69) is 12.2 Å². The Kier molecular flexibility index (Phi) is 7.89. The van der Waals surface area contributed by atoms with Crippen LogP contribution in [-0.2, 0) is 9.84 Å². The van der Waals surface area contributed by atoms with Gasteiger partial charge in [0.2, 0.25) is 0 Å². The first-order chi connectivity index (χ1) is 9.98. The van der Waals surface area contributed by atoms with E-state index in [0.717, 1.165) is 18.5 Å². The molecule has 0 aliphatic rings. The van der Waals surface area contributed by atoms with Gasteiger partial charge in [0.1, 0.15) is 15.7 Å². The van der Waals surface area contributed by atoms with E-state index in [1.54, 1.807) is 6.07 Å². The maximum atomic E-state index is 13.4. The Morgan fingerprint density at radius 1 is 1.19 bits per heavy atom. The van der Waals surface area contributed by atoms with Crippen LogP contribution >= 0.6 is 0 Å². The fourth-order valence-corrected chi connectivity index (χ4v) is 3.80. The van der Waals surface area contributed by atoms with Crippen molar-refractivity contribution in [2.75, 3.05) is 24.6 Å². The van der Waals surface area contributed by atoms with Crippen molar-refractivity contribution in [3.63, 3.8) is 0 Å². The maximum absolute atomic E-state index is 13.4. The molecule has 0 amide bonds. The van der Waals surface area contributed by atoms with Gasteiger partial charge in [-0.3, -0.25) is 0 Å². The Bertz CT molecular complexity index is 517. The van der Waals surface area contributed by atoms with E-state index in [1.807, 2.05) is 13.0 Å². The average molecular weight is 315 g/mol. The standard InChI is InChI=1S/C16H26FNO2S/c1-3-9-18-13-15(8-11-21(19,20)10-4-2)14-6-5-7-16(17)12-14/h5-7,12,15,18H,3-4,8-11,13H2,1-2H3. The summed E-state index contributed by atoms with van der Waals surface area (Å²) in [5.41, 5.74) is 0.866. The number of rotatable bonds is 10. The van der Waals surface area contributed by atoms with Gasteiger partial charge in [-0.05, 0) is 49.4 Å². The van der Waals surface area contributed by atoms with Crippen LogP contribution in [0.1, 0.15) is 44.6 Å². The van der Waals surface area contributed by atoms with Gasteiger partial charge in [0.15, 0.2) is 0 Å². The highest BCUT2D eigenvalue weighted by Crippen LogP contribution is 2.21. The summed E-state index contributed by atoms with van der Waals surface area (Å²) in [4.78, 5) is 0. The van der Waals surface area contributed by atoms with Gasteiger partial charge in [-0.25, -0.2) is 12.8 Å². The minimum atomic E-state index is -3.00. The molecule has 0 aliphatic heterocycles. The van der Waals surface area contributed by atoms with Crippen molar-refractivity contribution in [2.24, 2.45) is 0 Å².